The van der Waals surface area contributed by atoms with Crippen LogP contribution in [0.15, 0.2) is 29.2 Å². The van der Waals surface area contributed by atoms with Gasteiger partial charge < -0.3 is 10.4 Å². The number of thioether (sulfide) groups is 1. The van der Waals surface area contributed by atoms with Crippen molar-refractivity contribution in [2.45, 2.75) is 29.0 Å². The smallest absolute Gasteiger partial charge is 0.329 e. The molecule has 1 amide bonds. The fourth-order valence-electron chi connectivity index (χ4n) is 1.59. The van der Waals surface area contributed by atoms with E-state index in [0.717, 1.165) is 0 Å². The maximum Gasteiger partial charge on any atom is 0.329 e. The molecular weight excluding hydrogens is 276 g/mol. The summed E-state index contributed by atoms with van der Waals surface area (Å²) in [6.45, 7) is 0. The van der Waals surface area contributed by atoms with E-state index in [0.29, 0.717) is 29.5 Å². The van der Waals surface area contributed by atoms with Crippen molar-refractivity contribution in [3.8, 4) is 0 Å². The Morgan fingerprint density at radius 3 is 2.26 bits per heavy atom. The Hall–Kier alpha value is -1.63. The zero-order chi connectivity index (χ0) is 14.0. The zero-order valence-electron chi connectivity index (χ0n) is 9.73. The number of hydrogen-bond acceptors (Lipinski definition) is 3. The average Bonchev–Trinajstić information content (AvgIpc) is 3.10. The number of aliphatic carboxylic acids is 1. The Bertz CT molecular complexity index is 500. The van der Waals surface area contributed by atoms with Gasteiger partial charge in [0.25, 0.3) is 11.7 Å². The molecule has 1 aromatic rings. The molecule has 0 atom stereocenters. The Morgan fingerprint density at radius 1 is 1.26 bits per heavy atom. The monoisotopic (exact) mass is 287 g/mol. The van der Waals surface area contributed by atoms with Crippen LogP contribution in [0.5, 0.6) is 0 Å². The molecule has 1 fully saturated rings. The Labute approximate surface area is 112 Å². The van der Waals surface area contributed by atoms with E-state index in [2.05, 4.69) is 5.32 Å². The normalized spacial score (nSPS) is 16.2. The van der Waals surface area contributed by atoms with Gasteiger partial charge in [-0.05, 0) is 37.1 Å². The van der Waals surface area contributed by atoms with Gasteiger partial charge in [-0.3, -0.25) is 4.79 Å². The predicted molar refractivity (Wildman–Crippen MR) is 65.4 cm³/mol. The molecule has 0 heterocycles. The molecule has 1 aromatic carbocycles. The van der Waals surface area contributed by atoms with Crippen LogP contribution in [0.3, 0.4) is 0 Å². The molecule has 0 radical (unpaired) electrons. The van der Waals surface area contributed by atoms with Gasteiger partial charge >= 0.3 is 5.97 Å². The summed E-state index contributed by atoms with van der Waals surface area (Å²) in [4.78, 5) is 23.1. The lowest BCUT2D eigenvalue weighted by molar-refractivity contribution is -0.140. The van der Waals surface area contributed by atoms with Crippen molar-refractivity contribution in [3.05, 3.63) is 29.8 Å². The standard InChI is InChI=1S/C12H11F2NO3S/c13-11(14)19-8-3-1-7(2-4-8)9(16)15-12(5-6-12)10(17)18/h1-4,11H,5-6H2,(H,15,16)(H,17,18). The molecule has 4 nitrogen and oxygen atoms in total. The van der Waals surface area contributed by atoms with Gasteiger partial charge in [-0.15, -0.1) is 0 Å². The Morgan fingerprint density at radius 2 is 1.84 bits per heavy atom. The fraction of sp³-hybridized carbons (Fsp3) is 0.333. The van der Waals surface area contributed by atoms with E-state index in [9.17, 15) is 18.4 Å². The van der Waals surface area contributed by atoms with Crippen LogP contribution in [0.2, 0.25) is 0 Å². The molecule has 102 valence electrons. The van der Waals surface area contributed by atoms with Crippen LogP contribution >= 0.6 is 11.8 Å². The first-order valence-electron chi connectivity index (χ1n) is 5.54. The van der Waals surface area contributed by atoms with Crippen LogP contribution in [0, 0.1) is 0 Å². The zero-order valence-corrected chi connectivity index (χ0v) is 10.5. The van der Waals surface area contributed by atoms with E-state index in [1.807, 2.05) is 0 Å². The molecular formula is C12H11F2NO3S. The molecule has 1 saturated carbocycles. The molecule has 0 aliphatic heterocycles. The summed E-state index contributed by atoms with van der Waals surface area (Å²) in [5.74, 6) is -4.07. The van der Waals surface area contributed by atoms with Crippen LogP contribution in [-0.2, 0) is 4.79 Å². The second kappa shape index (κ2) is 5.16. The quantitative estimate of drug-likeness (QED) is 0.816. The molecule has 0 aromatic heterocycles. The molecule has 0 bridgehead atoms. The number of benzene rings is 1. The molecule has 0 spiro atoms. The van der Waals surface area contributed by atoms with E-state index in [1.165, 1.54) is 24.3 Å². The van der Waals surface area contributed by atoms with Crippen LogP contribution in [0.25, 0.3) is 0 Å². The summed E-state index contributed by atoms with van der Waals surface area (Å²) in [6, 6.07) is 5.62. The minimum atomic E-state index is -2.51. The van der Waals surface area contributed by atoms with E-state index in [4.69, 9.17) is 5.11 Å². The van der Waals surface area contributed by atoms with Crippen molar-refractivity contribution < 1.29 is 23.5 Å². The summed E-state index contributed by atoms with van der Waals surface area (Å²) >= 11 is 0.390. The summed E-state index contributed by atoms with van der Waals surface area (Å²) in [7, 11) is 0. The topological polar surface area (TPSA) is 66.4 Å². The third-order valence-corrected chi connectivity index (χ3v) is 3.58. The Kier molecular flexibility index (Phi) is 3.75. The van der Waals surface area contributed by atoms with Crippen LogP contribution in [0.4, 0.5) is 8.78 Å². The number of hydrogen-bond donors (Lipinski definition) is 2. The van der Waals surface area contributed by atoms with Crippen molar-refractivity contribution in [2.24, 2.45) is 0 Å². The molecule has 2 N–H and O–H groups in total. The largest absolute Gasteiger partial charge is 0.480 e. The number of carbonyl (C=O) groups is 2. The molecule has 0 saturated heterocycles. The third kappa shape index (κ3) is 3.23. The molecule has 0 unspecified atom stereocenters. The van der Waals surface area contributed by atoms with Crippen molar-refractivity contribution >= 4 is 23.6 Å². The van der Waals surface area contributed by atoms with Gasteiger partial charge in [0.1, 0.15) is 5.54 Å². The fourth-order valence-corrected chi connectivity index (χ4v) is 2.09. The van der Waals surface area contributed by atoms with Gasteiger partial charge in [-0.2, -0.15) is 8.78 Å². The van der Waals surface area contributed by atoms with E-state index in [-0.39, 0.29) is 5.56 Å². The highest BCUT2D eigenvalue weighted by Crippen LogP contribution is 2.35. The SMILES string of the molecule is O=C(NC1(C(=O)O)CC1)c1ccc(SC(F)F)cc1. The number of carbonyl (C=O) groups excluding carboxylic acids is 1. The number of amides is 1. The third-order valence-electron chi connectivity index (χ3n) is 2.85. The van der Waals surface area contributed by atoms with Gasteiger partial charge in [-0.1, -0.05) is 11.8 Å². The lowest BCUT2D eigenvalue weighted by Gasteiger charge is -2.12. The molecule has 1 aliphatic carbocycles. The summed E-state index contributed by atoms with van der Waals surface area (Å²) < 4.78 is 24.2. The molecule has 19 heavy (non-hydrogen) atoms. The second-order valence-corrected chi connectivity index (χ2v) is 5.31. The van der Waals surface area contributed by atoms with E-state index < -0.39 is 23.2 Å². The summed E-state index contributed by atoms with van der Waals surface area (Å²) in [6.07, 6.45) is 0.820. The van der Waals surface area contributed by atoms with Crippen LogP contribution < -0.4 is 5.32 Å². The van der Waals surface area contributed by atoms with Gasteiger partial charge in [0.2, 0.25) is 0 Å². The number of carboxylic acids is 1. The number of rotatable bonds is 5. The highest BCUT2D eigenvalue weighted by Gasteiger charge is 2.51. The predicted octanol–water partition coefficient (Wildman–Crippen LogP) is 2.35. The van der Waals surface area contributed by atoms with Gasteiger partial charge in [0.15, 0.2) is 0 Å². The van der Waals surface area contributed by atoms with Crippen molar-refractivity contribution in [1.29, 1.82) is 0 Å². The maximum absolute atomic E-state index is 12.1. The number of halogens is 2. The highest BCUT2D eigenvalue weighted by atomic mass is 32.2. The Balaban J connectivity index is 2.02. The number of carboxylic acid groups (broad SMARTS) is 1. The van der Waals surface area contributed by atoms with Crippen molar-refractivity contribution in [1.82, 2.24) is 5.32 Å². The van der Waals surface area contributed by atoms with Crippen molar-refractivity contribution in [2.75, 3.05) is 0 Å². The van der Waals surface area contributed by atoms with Crippen molar-refractivity contribution in [3.63, 3.8) is 0 Å². The van der Waals surface area contributed by atoms with E-state index in [1.54, 1.807) is 0 Å². The van der Waals surface area contributed by atoms with Gasteiger partial charge in [0.05, 0.1) is 0 Å². The maximum atomic E-state index is 12.1. The lowest BCUT2D eigenvalue weighted by Crippen LogP contribution is -2.43. The second-order valence-electron chi connectivity index (χ2n) is 4.24. The number of nitrogens with one attached hydrogen (secondary N) is 1. The molecule has 7 heteroatoms. The van der Waals surface area contributed by atoms with Gasteiger partial charge in [-0.25, -0.2) is 4.79 Å². The first-order valence-corrected chi connectivity index (χ1v) is 6.42. The average molecular weight is 287 g/mol. The van der Waals surface area contributed by atoms with Crippen LogP contribution in [-0.4, -0.2) is 28.3 Å². The van der Waals surface area contributed by atoms with Crippen LogP contribution in [0.1, 0.15) is 23.2 Å². The van der Waals surface area contributed by atoms with E-state index >= 15 is 0 Å². The minimum absolute atomic E-state index is 0.256. The molecule has 2 rings (SSSR count). The van der Waals surface area contributed by atoms with Gasteiger partial charge in [0, 0.05) is 10.5 Å². The lowest BCUT2D eigenvalue weighted by atomic mass is 10.2. The summed E-state index contributed by atoms with van der Waals surface area (Å²) in [5.41, 5.74) is -0.890. The highest BCUT2D eigenvalue weighted by molar-refractivity contribution is 7.99. The molecule has 1 aliphatic rings. The summed E-state index contributed by atoms with van der Waals surface area (Å²) in [5, 5.41) is 11.4. The number of alkyl halides is 2. The minimum Gasteiger partial charge on any atom is -0.480 e. The first-order chi connectivity index (χ1) is 8.93. The first kappa shape index (κ1) is 13.8.